The van der Waals surface area contributed by atoms with Crippen LogP contribution in [-0.4, -0.2) is 29.1 Å². The molecule has 1 amide bonds. The molecule has 13 heavy (non-hydrogen) atoms. The third-order valence-corrected chi connectivity index (χ3v) is 1.66. The van der Waals surface area contributed by atoms with Gasteiger partial charge < -0.3 is 10.4 Å². The minimum absolute atomic E-state index is 0.256. The molecule has 0 radical (unpaired) electrons. The highest BCUT2D eigenvalue weighted by Gasteiger charge is 2.24. The van der Waals surface area contributed by atoms with Crippen LogP contribution in [0.15, 0.2) is 24.9 Å². The molecule has 2 atom stereocenters. The molecule has 1 rings (SSSR count). The molecule has 0 saturated carbocycles. The summed E-state index contributed by atoms with van der Waals surface area (Å²) in [6, 6.07) is -1.49. The summed E-state index contributed by atoms with van der Waals surface area (Å²) in [4.78, 5) is 21.5. The lowest BCUT2D eigenvalue weighted by Crippen LogP contribution is -2.45. The maximum absolute atomic E-state index is 11.0. The van der Waals surface area contributed by atoms with Crippen LogP contribution in [0, 0.1) is 0 Å². The standard InChI is InChI=1S/C8H10N2O3/c1-2-5(8(12)13)10-6-3-4-9-7(6)11/h2-6,10H,1H2,(H,9,11)(H,12,13). The molecule has 5 heteroatoms. The Hall–Kier alpha value is -1.62. The first-order chi connectivity index (χ1) is 6.15. The van der Waals surface area contributed by atoms with Gasteiger partial charge in [-0.15, -0.1) is 6.58 Å². The Morgan fingerprint density at radius 2 is 2.54 bits per heavy atom. The lowest BCUT2D eigenvalue weighted by atomic mass is 10.2. The van der Waals surface area contributed by atoms with Gasteiger partial charge in [0, 0.05) is 6.20 Å². The van der Waals surface area contributed by atoms with E-state index in [2.05, 4.69) is 17.2 Å². The van der Waals surface area contributed by atoms with Crippen LogP contribution < -0.4 is 10.6 Å². The molecule has 3 N–H and O–H groups in total. The van der Waals surface area contributed by atoms with Crippen LogP contribution in [0.25, 0.3) is 0 Å². The van der Waals surface area contributed by atoms with Gasteiger partial charge in [0.2, 0.25) is 5.91 Å². The molecule has 0 saturated heterocycles. The maximum atomic E-state index is 11.0. The first-order valence-electron chi connectivity index (χ1n) is 3.73. The highest BCUT2D eigenvalue weighted by atomic mass is 16.4. The number of carboxylic acids is 1. The number of hydrogen-bond donors (Lipinski definition) is 3. The van der Waals surface area contributed by atoms with Crippen LogP contribution >= 0.6 is 0 Å². The third kappa shape index (κ3) is 2.16. The molecule has 2 unspecified atom stereocenters. The van der Waals surface area contributed by atoms with Gasteiger partial charge in [0.15, 0.2) is 0 Å². The van der Waals surface area contributed by atoms with Crippen molar-refractivity contribution in [1.82, 2.24) is 10.6 Å². The topological polar surface area (TPSA) is 78.4 Å². The number of carboxylic acid groups (broad SMARTS) is 1. The molecule has 1 aliphatic rings. The summed E-state index contributed by atoms with van der Waals surface area (Å²) in [5.41, 5.74) is 0. The monoisotopic (exact) mass is 182 g/mol. The van der Waals surface area contributed by atoms with Crippen molar-refractivity contribution in [1.29, 1.82) is 0 Å². The quantitative estimate of drug-likeness (QED) is 0.499. The predicted molar refractivity (Wildman–Crippen MR) is 45.8 cm³/mol. The lowest BCUT2D eigenvalue weighted by Gasteiger charge is -2.13. The first-order valence-corrected chi connectivity index (χ1v) is 3.73. The molecule has 0 spiro atoms. The number of carbonyl (C=O) groups is 2. The first kappa shape index (κ1) is 9.47. The zero-order valence-electron chi connectivity index (χ0n) is 6.86. The SMILES string of the molecule is C=CC(NC1C=CNC1=O)C(=O)O. The van der Waals surface area contributed by atoms with E-state index in [4.69, 9.17) is 5.11 Å². The van der Waals surface area contributed by atoms with E-state index in [9.17, 15) is 9.59 Å². The summed E-state index contributed by atoms with van der Waals surface area (Å²) in [7, 11) is 0. The van der Waals surface area contributed by atoms with Crippen molar-refractivity contribution in [3.05, 3.63) is 24.9 Å². The van der Waals surface area contributed by atoms with Crippen molar-refractivity contribution in [2.24, 2.45) is 0 Å². The Morgan fingerprint density at radius 1 is 1.85 bits per heavy atom. The Bertz CT molecular complexity index is 273. The second kappa shape index (κ2) is 3.86. The number of hydrogen-bond acceptors (Lipinski definition) is 3. The molecular weight excluding hydrogens is 172 g/mol. The molecule has 0 aromatic carbocycles. The minimum atomic E-state index is -1.05. The predicted octanol–water partition coefficient (Wildman–Crippen LogP) is -0.773. The number of amides is 1. The van der Waals surface area contributed by atoms with E-state index >= 15 is 0 Å². The van der Waals surface area contributed by atoms with E-state index in [0.29, 0.717) is 0 Å². The second-order valence-electron chi connectivity index (χ2n) is 2.56. The van der Waals surface area contributed by atoms with Crippen molar-refractivity contribution < 1.29 is 14.7 Å². The molecule has 0 aliphatic carbocycles. The average molecular weight is 182 g/mol. The average Bonchev–Trinajstić information content (AvgIpc) is 2.46. The summed E-state index contributed by atoms with van der Waals surface area (Å²) in [5, 5.41) is 13.7. The minimum Gasteiger partial charge on any atom is -0.480 e. The second-order valence-corrected chi connectivity index (χ2v) is 2.56. The maximum Gasteiger partial charge on any atom is 0.324 e. The van der Waals surface area contributed by atoms with Gasteiger partial charge in [0.05, 0.1) is 0 Å². The van der Waals surface area contributed by atoms with Crippen LogP contribution in [0.4, 0.5) is 0 Å². The summed E-state index contributed by atoms with van der Waals surface area (Å²) >= 11 is 0. The van der Waals surface area contributed by atoms with E-state index < -0.39 is 18.1 Å². The van der Waals surface area contributed by atoms with Gasteiger partial charge in [-0.2, -0.15) is 0 Å². The molecular formula is C8H10N2O3. The van der Waals surface area contributed by atoms with E-state index in [1.165, 1.54) is 12.3 Å². The van der Waals surface area contributed by atoms with Crippen molar-refractivity contribution in [2.75, 3.05) is 0 Å². The zero-order valence-corrected chi connectivity index (χ0v) is 6.86. The van der Waals surface area contributed by atoms with Crippen LogP contribution in [0.3, 0.4) is 0 Å². The van der Waals surface area contributed by atoms with Gasteiger partial charge in [0.25, 0.3) is 0 Å². The fourth-order valence-corrected chi connectivity index (χ4v) is 0.968. The number of nitrogens with one attached hydrogen (secondary N) is 2. The van der Waals surface area contributed by atoms with Gasteiger partial charge in [0.1, 0.15) is 12.1 Å². The number of carbonyl (C=O) groups excluding carboxylic acids is 1. The molecule has 0 aromatic rings. The third-order valence-electron chi connectivity index (χ3n) is 1.66. The summed E-state index contributed by atoms with van der Waals surface area (Å²) in [6.45, 7) is 3.35. The molecule has 1 heterocycles. The molecule has 0 bridgehead atoms. The van der Waals surface area contributed by atoms with Crippen LogP contribution in [0.1, 0.15) is 0 Å². The van der Waals surface area contributed by atoms with Crippen molar-refractivity contribution in [2.45, 2.75) is 12.1 Å². The van der Waals surface area contributed by atoms with Gasteiger partial charge >= 0.3 is 5.97 Å². The van der Waals surface area contributed by atoms with Gasteiger partial charge in [-0.05, 0) is 6.08 Å². The number of aliphatic carboxylic acids is 1. The summed E-state index contributed by atoms with van der Waals surface area (Å²) in [5.74, 6) is -1.31. The highest BCUT2D eigenvalue weighted by molar-refractivity contribution is 5.88. The Balaban J connectivity index is 2.55. The van der Waals surface area contributed by atoms with Gasteiger partial charge in [-0.3, -0.25) is 14.9 Å². The summed E-state index contributed by atoms with van der Waals surface area (Å²) in [6.07, 6.45) is 4.27. The van der Waals surface area contributed by atoms with Crippen LogP contribution in [0.2, 0.25) is 0 Å². The zero-order chi connectivity index (χ0) is 9.84. The van der Waals surface area contributed by atoms with Crippen LogP contribution in [0.5, 0.6) is 0 Å². The molecule has 1 aliphatic heterocycles. The number of rotatable bonds is 4. The van der Waals surface area contributed by atoms with E-state index in [1.807, 2.05) is 0 Å². The lowest BCUT2D eigenvalue weighted by molar-refractivity contribution is -0.138. The van der Waals surface area contributed by atoms with E-state index in [-0.39, 0.29) is 5.91 Å². The molecule has 70 valence electrons. The molecule has 5 nitrogen and oxygen atoms in total. The highest BCUT2D eigenvalue weighted by Crippen LogP contribution is 1.97. The Labute approximate surface area is 75.1 Å². The molecule has 0 aromatic heterocycles. The fraction of sp³-hybridized carbons (Fsp3) is 0.250. The Kier molecular flexibility index (Phi) is 2.81. The van der Waals surface area contributed by atoms with Crippen LogP contribution in [-0.2, 0) is 9.59 Å². The fourth-order valence-electron chi connectivity index (χ4n) is 0.968. The van der Waals surface area contributed by atoms with E-state index in [1.54, 1.807) is 6.08 Å². The van der Waals surface area contributed by atoms with Crippen molar-refractivity contribution in [3.8, 4) is 0 Å². The normalized spacial score (nSPS) is 22.5. The van der Waals surface area contributed by atoms with Gasteiger partial charge in [-0.25, -0.2) is 0 Å². The van der Waals surface area contributed by atoms with Crippen molar-refractivity contribution >= 4 is 11.9 Å². The van der Waals surface area contributed by atoms with Gasteiger partial charge in [-0.1, -0.05) is 6.08 Å². The smallest absolute Gasteiger partial charge is 0.324 e. The van der Waals surface area contributed by atoms with E-state index in [0.717, 1.165) is 0 Å². The van der Waals surface area contributed by atoms with Crippen molar-refractivity contribution in [3.63, 3.8) is 0 Å². The summed E-state index contributed by atoms with van der Waals surface area (Å²) < 4.78 is 0. The molecule has 0 fully saturated rings. The largest absolute Gasteiger partial charge is 0.480 e. The Morgan fingerprint density at radius 3 is 2.92 bits per heavy atom.